The molecule has 0 amide bonds. The molecule has 0 radical (unpaired) electrons. The number of hydrogen-bond acceptors (Lipinski definition) is 2. The normalized spacial score (nSPS) is 22.7. The molecule has 1 fully saturated rings. The Balaban J connectivity index is 2.35. The second kappa shape index (κ2) is 8.94. The molecule has 2 nitrogen and oxygen atoms in total. The predicted molar refractivity (Wildman–Crippen MR) is 120 cm³/mol. The lowest BCUT2D eigenvalue weighted by atomic mass is 9.88. The molecule has 0 aromatic carbocycles. The lowest BCUT2D eigenvalue weighted by molar-refractivity contribution is 0.127. The summed E-state index contributed by atoms with van der Waals surface area (Å²) in [6.07, 6.45) is 6.05. The van der Waals surface area contributed by atoms with Crippen LogP contribution in [-0.2, 0) is 8.85 Å². The Kier molecular flexibility index (Phi) is 8.24. The Morgan fingerprint density at radius 1 is 0.808 bits per heavy atom. The molecule has 0 saturated heterocycles. The van der Waals surface area contributed by atoms with Crippen molar-refractivity contribution < 1.29 is 8.85 Å². The maximum Gasteiger partial charge on any atom is 0.192 e. The fourth-order valence-corrected chi connectivity index (χ4v) is 5.18. The molecule has 0 bridgehead atoms. The van der Waals surface area contributed by atoms with E-state index in [2.05, 4.69) is 79.6 Å². The van der Waals surface area contributed by atoms with E-state index in [1.807, 2.05) is 0 Å². The van der Waals surface area contributed by atoms with E-state index in [0.717, 1.165) is 13.0 Å². The van der Waals surface area contributed by atoms with Crippen LogP contribution in [0.3, 0.4) is 0 Å². The van der Waals surface area contributed by atoms with Crippen LogP contribution in [0.5, 0.6) is 0 Å². The van der Waals surface area contributed by atoms with Crippen molar-refractivity contribution in [3.8, 4) is 11.8 Å². The third-order valence-electron chi connectivity index (χ3n) is 6.74. The first-order valence-corrected chi connectivity index (χ1v) is 16.3. The van der Waals surface area contributed by atoms with Crippen LogP contribution in [0.1, 0.15) is 73.6 Å². The molecule has 152 valence electrons. The number of rotatable bonds is 5. The van der Waals surface area contributed by atoms with Crippen molar-refractivity contribution in [1.82, 2.24) is 0 Å². The van der Waals surface area contributed by atoms with Gasteiger partial charge in [0.05, 0.1) is 0 Å². The van der Waals surface area contributed by atoms with Gasteiger partial charge >= 0.3 is 0 Å². The van der Waals surface area contributed by atoms with Crippen molar-refractivity contribution in [1.29, 1.82) is 0 Å². The summed E-state index contributed by atoms with van der Waals surface area (Å²) in [5.41, 5.74) is 0. The molecule has 0 aromatic rings. The molecular formula is C22H44O2Si2. The molecule has 0 aliphatic heterocycles. The van der Waals surface area contributed by atoms with Crippen LogP contribution in [0.25, 0.3) is 0 Å². The third-order valence-corrected chi connectivity index (χ3v) is 15.8. The van der Waals surface area contributed by atoms with Gasteiger partial charge in [0, 0.05) is 25.0 Å². The van der Waals surface area contributed by atoms with Gasteiger partial charge < -0.3 is 8.85 Å². The monoisotopic (exact) mass is 396 g/mol. The lowest BCUT2D eigenvalue weighted by Crippen LogP contribution is -2.44. The Bertz CT molecular complexity index is 493. The average Bonchev–Trinajstić information content (AvgIpc) is 2.46. The molecule has 26 heavy (non-hydrogen) atoms. The maximum absolute atomic E-state index is 6.58. The zero-order valence-electron chi connectivity index (χ0n) is 19.2. The zero-order chi connectivity index (χ0) is 20.2. The van der Waals surface area contributed by atoms with E-state index in [4.69, 9.17) is 8.85 Å². The Morgan fingerprint density at radius 2 is 1.31 bits per heavy atom. The minimum absolute atomic E-state index is 0.281. The summed E-state index contributed by atoms with van der Waals surface area (Å²) >= 11 is 0. The van der Waals surface area contributed by atoms with Crippen molar-refractivity contribution in [2.45, 2.75) is 116 Å². The lowest BCUT2D eigenvalue weighted by Gasteiger charge is -2.40. The summed E-state index contributed by atoms with van der Waals surface area (Å²) in [4.78, 5) is 0. The van der Waals surface area contributed by atoms with Crippen molar-refractivity contribution in [2.75, 3.05) is 6.61 Å². The number of hydrogen-bond donors (Lipinski definition) is 0. The first kappa shape index (κ1) is 24.0. The largest absolute Gasteiger partial charge is 0.416 e. The van der Waals surface area contributed by atoms with E-state index in [-0.39, 0.29) is 5.04 Å². The summed E-state index contributed by atoms with van der Waals surface area (Å²) in [5.74, 6) is 7.44. The molecule has 1 saturated carbocycles. The van der Waals surface area contributed by atoms with Gasteiger partial charge in [0.15, 0.2) is 16.6 Å². The van der Waals surface area contributed by atoms with Crippen LogP contribution in [0, 0.1) is 17.8 Å². The quantitative estimate of drug-likeness (QED) is 0.283. The van der Waals surface area contributed by atoms with Crippen LogP contribution in [0.15, 0.2) is 0 Å². The van der Waals surface area contributed by atoms with Gasteiger partial charge in [-0.1, -0.05) is 47.5 Å². The standard InChI is InChI=1S/C22H44O2Si2/c1-21(2,3)25(7,8)23-18-12-11-13-19-14-16-20(17-15-19)24-26(9,10)22(4,5)6/h19-20H,12,14-18H2,1-10H3. The maximum atomic E-state index is 6.58. The summed E-state index contributed by atoms with van der Waals surface area (Å²) in [6, 6.07) is 0. The van der Waals surface area contributed by atoms with E-state index in [0.29, 0.717) is 17.1 Å². The van der Waals surface area contributed by atoms with Crippen LogP contribution in [0.2, 0.25) is 36.3 Å². The molecule has 0 heterocycles. The second-order valence-corrected chi connectivity index (χ2v) is 20.6. The topological polar surface area (TPSA) is 18.5 Å². The minimum atomic E-state index is -1.63. The van der Waals surface area contributed by atoms with Gasteiger partial charge in [0.1, 0.15) is 0 Å². The van der Waals surface area contributed by atoms with Gasteiger partial charge in [0.2, 0.25) is 0 Å². The van der Waals surface area contributed by atoms with Crippen LogP contribution >= 0.6 is 0 Å². The summed E-state index contributed by atoms with van der Waals surface area (Å²) in [5, 5.41) is 0.580. The van der Waals surface area contributed by atoms with Gasteiger partial charge in [-0.25, -0.2) is 0 Å². The predicted octanol–water partition coefficient (Wildman–Crippen LogP) is 6.98. The van der Waals surface area contributed by atoms with Crippen molar-refractivity contribution in [3.63, 3.8) is 0 Å². The molecule has 0 unspecified atom stereocenters. The molecule has 4 heteroatoms. The summed E-state index contributed by atoms with van der Waals surface area (Å²) in [7, 11) is -3.26. The fraction of sp³-hybridized carbons (Fsp3) is 0.909. The second-order valence-electron chi connectivity index (χ2n) is 11.0. The Hall–Kier alpha value is -0.0862. The van der Waals surface area contributed by atoms with E-state index >= 15 is 0 Å². The van der Waals surface area contributed by atoms with Crippen molar-refractivity contribution in [3.05, 3.63) is 0 Å². The molecule has 0 spiro atoms. The van der Waals surface area contributed by atoms with Gasteiger partial charge in [-0.15, -0.1) is 5.92 Å². The molecule has 0 N–H and O–H groups in total. The van der Waals surface area contributed by atoms with E-state index in [1.54, 1.807) is 0 Å². The van der Waals surface area contributed by atoms with E-state index < -0.39 is 16.6 Å². The van der Waals surface area contributed by atoms with Crippen LogP contribution < -0.4 is 0 Å². The summed E-state index contributed by atoms with van der Waals surface area (Å²) < 4.78 is 12.8. The molecule has 1 rings (SSSR count). The highest BCUT2D eigenvalue weighted by Gasteiger charge is 2.39. The first-order valence-electron chi connectivity index (χ1n) is 10.5. The molecule has 0 aromatic heterocycles. The smallest absolute Gasteiger partial charge is 0.192 e. The van der Waals surface area contributed by atoms with Gasteiger partial charge in [-0.3, -0.25) is 0 Å². The summed E-state index contributed by atoms with van der Waals surface area (Å²) in [6.45, 7) is 24.0. The Labute approximate surface area is 166 Å². The highest BCUT2D eigenvalue weighted by atomic mass is 28.4. The fourth-order valence-electron chi connectivity index (χ4n) is 2.71. The van der Waals surface area contributed by atoms with Crippen molar-refractivity contribution >= 4 is 16.6 Å². The van der Waals surface area contributed by atoms with Gasteiger partial charge in [-0.05, 0) is 61.9 Å². The SMILES string of the molecule is CC(C)(C)[Si](C)(C)OCCC#CC1CCC(O[Si](C)(C)C(C)(C)C)CC1. The average molecular weight is 397 g/mol. The molecular weight excluding hydrogens is 352 g/mol. The van der Waals surface area contributed by atoms with Crippen molar-refractivity contribution in [2.24, 2.45) is 5.92 Å². The van der Waals surface area contributed by atoms with Crippen LogP contribution in [-0.4, -0.2) is 29.3 Å². The van der Waals surface area contributed by atoms with Gasteiger partial charge in [-0.2, -0.15) is 0 Å². The highest BCUT2D eigenvalue weighted by molar-refractivity contribution is 6.74. The minimum Gasteiger partial charge on any atom is -0.416 e. The molecule has 0 atom stereocenters. The molecule has 1 aliphatic rings. The first-order chi connectivity index (χ1) is 11.7. The van der Waals surface area contributed by atoms with Gasteiger partial charge in [0.25, 0.3) is 0 Å². The van der Waals surface area contributed by atoms with Crippen LogP contribution in [0.4, 0.5) is 0 Å². The zero-order valence-corrected chi connectivity index (χ0v) is 21.2. The highest BCUT2D eigenvalue weighted by Crippen LogP contribution is 2.39. The van der Waals surface area contributed by atoms with E-state index in [9.17, 15) is 0 Å². The third kappa shape index (κ3) is 7.15. The van der Waals surface area contributed by atoms with E-state index in [1.165, 1.54) is 25.7 Å². The Morgan fingerprint density at radius 3 is 1.77 bits per heavy atom. The molecule has 1 aliphatic carbocycles.